The van der Waals surface area contributed by atoms with Crippen LogP contribution in [-0.4, -0.2) is 10.3 Å². The molecule has 1 rings (SSSR count). The van der Waals surface area contributed by atoms with Crippen molar-refractivity contribution in [3.63, 3.8) is 0 Å². The molecule has 0 aromatic carbocycles. The van der Waals surface area contributed by atoms with Crippen molar-refractivity contribution in [2.75, 3.05) is 5.73 Å². The van der Waals surface area contributed by atoms with Gasteiger partial charge in [-0.3, -0.25) is 0 Å². The molecule has 0 aliphatic rings. The second-order valence-corrected chi connectivity index (χ2v) is 3.50. The number of rotatable bonds is 0. The van der Waals surface area contributed by atoms with Gasteiger partial charge in [-0.15, -0.1) is 0 Å². The van der Waals surface area contributed by atoms with Gasteiger partial charge in [0.05, 0.1) is 0 Å². The molecule has 1 aromatic heterocycles. The zero-order chi connectivity index (χ0) is 8.65. The predicted octanol–water partition coefficient (Wildman–Crippen LogP) is 1.26. The molecule has 1 aromatic rings. The lowest BCUT2D eigenvalue weighted by atomic mass is 9.93. The van der Waals surface area contributed by atoms with Crippen molar-refractivity contribution in [3.8, 4) is 5.75 Å². The number of nitrogen functional groups attached to an aromatic ring is 1. The van der Waals surface area contributed by atoms with Crippen LogP contribution in [0.3, 0.4) is 0 Å². The number of nitrogens with two attached hydrogens (primary N) is 1. The average molecular weight is 156 g/mol. The fourth-order valence-electron chi connectivity index (χ4n) is 0.790. The van der Waals surface area contributed by atoms with Crippen LogP contribution >= 0.6 is 0 Å². The quantitative estimate of drug-likeness (QED) is 0.593. The van der Waals surface area contributed by atoms with E-state index in [1.165, 1.54) is 0 Å². The maximum atomic E-state index is 9.29. The van der Waals surface area contributed by atoms with Gasteiger partial charge in [0.15, 0.2) is 5.76 Å². The van der Waals surface area contributed by atoms with Crippen molar-refractivity contribution >= 4 is 5.82 Å². The van der Waals surface area contributed by atoms with Crippen molar-refractivity contribution in [2.45, 2.75) is 26.2 Å². The van der Waals surface area contributed by atoms with E-state index in [2.05, 4.69) is 5.16 Å². The van der Waals surface area contributed by atoms with E-state index in [0.717, 1.165) is 0 Å². The van der Waals surface area contributed by atoms with Crippen molar-refractivity contribution < 1.29 is 9.63 Å². The van der Waals surface area contributed by atoms with Crippen LogP contribution < -0.4 is 5.73 Å². The summed E-state index contributed by atoms with van der Waals surface area (Å²) in [6, 6.07) is 0. The normalized spacial score (nSPS) is 11.9. The van der Waals surface area contributed by atoms with Crippen molar-refractivity contribution in [3.05, 3.63) is 5.76 Å². The molecule has 3 N–H and O–H groups in total. The highest BCUT2D eigenvalue weighted by molar-refractivity contribution is 5.47. The molecule has 4 heteroatoms. The molecule has 0 amide bonds. The van der Waals surface area contributed by atoms with Crippen LogP contribution in [0.25, 0.3) is 0 Å². The van der Waals surface area contributed by atoms with Gasteiger partial charge >= 0.3 is 0 Å². The Labute approximate surface area is 65.0 Å². The monoisotopic (exact) mass is 156 g/mol. The Morgan fingerprint density at radius 1 is 1.45 bits per heavy atom. The van der Waals surface area contributed by atoms with Gasteiger partial charge in [0.25, 0.3) is 0 Å². The van der Waals surface area contributed by atoms with E-state index in [1.807, 2.05) is 20.8 Å². The standard InChI is InChI=1S/C7H12N2O2/c1-7(2,3)5-4(10)6(8)9-11-5/h10H,1-3H3,(H2,8,9). The number of hydrogen-bond donors (Lipinski definition) is 2. The highest BCUT2D eigenvalue weighted by Crippen LogP contribution is 2.33. The van der Waals surface area contributed by atoms with E-state index >= 15 is 0 Å². The first-order valence-corrected chi connectivity index (χ1v) is 3.37. The van der Waals surface area contributed by atoms with Gasteiger partial charge in [-0.2, -0.15) is 0 Å². The second kappa shape index (κ2) is 2.15. The minimum atomic E-state index is -0.255. The van der Waals surface area contributed by atoms with Gasteiger partial charge in [0.2, 0.25) is 11.6 Å². The first-order chi connectivity index (χ1) is 4.93. The van der Waals surface area contributed by atoms with Gasteiger partial charge in [0.1, 0.15) is 0 Å². The Kier molecular flexibility index (Phi) is 1.55. The Balaban J connectivity index is 3.15. The summed E-state index contributed by atoms with van der Waals surface area (Å²) in [6.45, 7) is 5.73. The average Bonchev–Trinajstić information content (AvgIpc) is 2.11. The van der Waals surface area contributed by atoms with Gasteiger partial charge in [-0.25, -0.2) is 0 Å². The molecule has 0 saturated heterocycles. The van der Waals surface area contributed by atoms with E-state index in [0.29, 0.717) is 5.76 Å². The molecule has 0 bridgehead atoms. The number of aromatic hydroxyl groups is 1. The van der Waals surface area contributed by atoms with Crippen LogP contribution in [-0.2, 0) is 5.41 Å². The predicted molar refractivity (Wildman–Crippen MR) is 41.3 cm³/mol. The van der Waals surface area contributed by atoms with Gasteiger partial charge in [-0.1, -0.05) is 25.9 Å². The molecule has 62 valence electrons. The number of nitrogens with zero attached hydrogens (tertiary/aromatic N) is 1. The molecule has 0 aliphatic heterocycles. The van der Waals surface area contributed by atoms with Crippen LogP contribution in [0.15, 0.2) is 4.52 Å². The van der Waals surface area contributed by atoms with E-state index < -0.39 is 0 Å². The number of anilines is 1. The van der Waals surface area contributed by atoms with Crippen LogP contribution in [0, 0.1) is 0 Å². The summed E-state index contributed by atoms with van der Waals surface area (Å²) in [5.41, 5.74) is 5.03. The van der Waals surface area contributed by atoms with Crippen molar-refractivity contribution in [1.29, 1.82) is 0 Å². The van der Waals surface area contributed by atoms with Crippen LogP contribution in [0.4, 0.5) is 5.82 Å². The Morgan fingerprint density at radius 2 is 2.00 bits per heavy atom. The molecular formula is C7H12N2O2. The lowest BCUT2D eigenvalue weighted by Crippen LogP contribution is -2.09. The SMILES string of the molecule is CC(C)(C)c1onc(N)c1O. The summed E-state index contributed by atoms with van der Waals surface area (Å²) in [5, 5.41) is 12.7. The van der Waals surface area contributed by atoms with Crippen LogP contribution in [0.2, 0.25) is 0 Å². The van der Waals surface area contributed by atoms with Crippen LogP contribution in [0.5, 0.6) is 5.75 Å². The van der Waals surface area contributed by atoms with Gasteiger partial charge in [-0.05, 0) is 0 Å². The molecular weight excluding hydrogens is 144 g/mol. The summed E-state index contributed by atoms with van der Waals surface area (Å²) in [7, 11) is 0. The first-order valence-electron chi connectivity index (χ1n) is 3.37. The Hall–Kier alpha value is -1.19. The fourth-order valence-corrected chi connectivity index (χ4v) is 0.790. The molecule has 0 atom stereocenters. The maximum absolute atomic E-state index is 9.29. The summed E-state index contributed by atoms with van der Waals surface area (Å²) in [5.74, 6) is 0.433. The Morgan fingerprint density at radius 3 is 2.18 bits per heavy atom. The Bertz CT molecular complexity index is 260. The van der Waals surface area contributed by atoms with E-state index in [1.54, 1.807) is 0 Å². The number of aromatic nitrogens is 1. The molecule has 11 heavy (non-hydrogen) atoms. The molecule has 1 heterocycles. The molecule has 4 nitrogen and oxygen atoms in total. The fraction of sp³-hybridized carbons (Fsp3) is 0.571. The molecule has 0 unspecified atom stereocenters. The lowest BCUT2D eigenvalue weighted by Gasteiger charge is -2.12. The molecule has 0 fully saturated rings. The highest BCUT2D eigenvalue weighted by Gasteiger charge is 2.25. The minimum absolute atomic E-state index is 0.0440. The molecule has 0 aliphatic carbocycles. The highest BCUT2D eigenvalue weighted by atomic mass is 16.5. The second-order valence-electron chi connectivity index (χ2n) is 3.50. The lowest BCUT2D eigenvalue weighted by molar-refractivity contribution is 0.315. The summed E-state index contributed by atoms with van der Waals surface area (Å²) < 4.78 is 4.83. The van der Waals surface area contributed by atoms with Crippen LogP contribution in [0.1, 0.15) is 26.5 Å². The number of hydrogen-bond acceptors (Lipinski definition) is 4. The maximum Gasteiger partial charge on any atom is 0.209 e. The molecule has 0 saturated carbocycles. The molecule has 0 radical (unpaired) electrons. The zero-order valence-electron chi connectivity index (χ0n) is 6.88. The third kappa shape index (κ3) is 1.29. The summed E-state index contributed by atoms with van der Waals surface area (Å²) in [4.78, 5) is 0. The minimum Gasteiger partial charge on any atom is -0.502 e. The van der Waals surface area contributed by atoms with Crippen molar-refractivity contribution in [2.24, 2.45) is 0 Å². The summed E-state index contributed by atoms with van der Waals surface area (Å²) >= 11 is 0. The smallest absolute Gasteiger partial charge is 0.209 e. The zero-order valence-corrected chi connectivity index (χ0v) is 6.88. The topological polar surface area (TPSA) is 72.3 Å². The molecule has 0 spiro atoms. The third-order valence-electron chi connectivity index (χ3n) is 1.37. The first kappa shape index (κ1) is 7.91. The van der Waals surface area contributed by atoms with E-state index in [4.69, 9.17) is 10.3 Å². The van der Waals surface area contributed by atoms with E-state index in [9.17, 15) is 5.11 Å². The third-order valence-corrected chi connectivity index (χ3v) is 1.37. The summed E-state index contributed by atoms with van der Waals surface area (Å²) in [6.07, 6.45) is 0. The van der Waals surface area contributed by atoms with Crippen molar-refractivity contribution in [1.82, 2.24) is 5.16 Å². The largest absolute Gasteiger partial charge is 0.502 e. The van der Waals surface area contributed by atoms with Gasteiger partial charge < -0.3 is 15.4 Å². The van der Waals surface area contributed by atoms with E-state index in [-0.39, 0.29) is 17.0 Å². The van der Waals surface area contributed by atoms with Gasteiger partial charge in [0, 0.05) is 5.41 Å².